The largest absolute Gasteiger partial charge is 0.383 e. The van der Waals surface area contributed by atoms with Crippen molar-refractivity contribution in [2.24, 2.45) is 0 Å². The second kappa shape index (κ2) is 8.57. The van der Waals surface area contributed by atoms with Gasteiger partial charge in [-0.05, 0) is 25.1 Å². The summed E-state index contributed by atoms with van der Waals surface area (Å²) in [6.07, 6.45) is 1.81. The fraction of sp³-hybridized carbons (Fsp3) is 0.444. The summed E-state index contributed by atoms with van der Waals surface area (Å²) in [5.74, 6) is 1.37. The van der Waals surface area contributed by atoms with E-state index in [0.29, 0.717) is 24.8 Å². The summed E-state index contributed by atoms with van der Waals surface area (Å²) in [5.41, 5.74) is 1.16. The Balaban J connectivity index is 1.65. The van der Waals surface area contributed by atoms with Crippen LogP contribution in [0.5, 0.6) is 0 Å². The first-order valence-corrected chi connectivity index (χ1v) is 8.71. The topological polar surface area (TPSA) is 83.5 Å². The van der Waals surface area contributed by atoms with Gasteiger partial charge >= 0.3 is 0 Å². The Kier molecular flexibility index (Phi) is 5.96. The van der Waals surface area contributed by atoms with Gasteiger partial charge in [0.2, 0.25) is 5.95 Å². The zero-order chi connectivity index (χ0) is 18.4. The van der Waals surface area contributed by atoms with Crippen molar-refractivity contribution in [3.63, 3.8) is 0 Å². The summed E-state index contributed by atoms with van der Waals surface area (Å²) >= 11 is 0. The highest BCUT2D eigenvalue weighted by atomic mass is 16.5. The Bertz CT molecular complexity index is 732. The summed E-state index contributed by atoms with van der Waals surface area (Å²) in [6.45, 7) is 6.04. The van der Waals surface area contributed by atoms with E-state index >= 15 is 0 Å². The fourth-order valence-corrected chi connectivity index (χ4v) is 2.84. The van der Waals surface area contributed by atoms with Crippen molar-refractivity contribution >= 4 is 17.7 Å². The lowest BCUT2D eigenvalue weighted by Crippen LogP contribution is -2.47. The number of ether oxygens (including phenoxy) is 1. The fourth-order valence-electron chi connectivity index (χ4n) is 2.84. The highest BCUT2D eigenvalue weighted by Crippen LogP contribution is 2.17. The molecule has 2 aromatic heterocycles. The molecule has 26 heavy (non-hydrogen) atoms. The van der Waals surface area contributed by atoms with Crippen LogP contribution in [-0.4, -0.2) is 67.3 Å². The molecule has 0 aromatic carbocycles. The third kappa shape index (κ3) is 4.45. The molecule has 1 amide bonds. The molecule has 1 aliphatic rings. The van der Waals surface area contributed by atoms with Gasteiger partial charge < -0.3 is 19.9 Å². The van der Waals surface area contributed by atoms with Gasteiger partial charge in [-0.15, -0.1) is 0 Å². The van der Waals surface area contributed by atoms with Crippen LogP contribution in [0.1, 0.15) is 16.2 Å². The monoisotopic (exact) mass is 356 g/mol. The van der Waals surface area contributed by atoms with Crippen LogP contribution in [0.2, 0.25) is 0 Å². The zero-order valence-electron chi connectivity index (χ0n) is 15.2. The summed E-state index contributed by atoms with van der Waals surface area (Å²) in [6, 6.07) is 7.63. The minimum atomic E-state index is -0.207. The number of carbonyl (C=O) groups is 1. The van der Waals surface area contributed by atoms with Crippen molar-refractivity contribution in [3.8, 4) is 0 Å². The van der Waals surface area contributed by atoms with Gasteiger partial charge in [0.15, 0.2) is 0 Å². The second-order valence-corrected chi connectivity index (χ2v) is 6.11. The molecule has 8 nitrogen and oxygen atoms in total. The van der Waals surface area contributed by atoms with Gasteiger partial charge in [-0.1, -0.05) is 6.07 Å². The normalized spacial score (nSPS) is 14.4. The van der Waals surface area contributed by atoms with Crippen molar-refractivity contribution in [2.75, 3.05) is 56.2 Å². The molecule has 1 aliphatic heterocycles. The van der Waals surface area contributed by atoms with E-state index < -0.39 is 0 Å². The molecule has 0 bridgehead atoms. The van der Waals surface area contributed by atoms with E-state index in [9.17, 15) is 4.79 Å². The molecule has 1 saturated heterocycles. The molecule has 1 fully saturated rings. The van der Waals surface area contributed by atoms with Crippen LogP contribution in [0.3, 0.4) is 0 Å². The van der Waals surface area contributed by atoms with Crippen LogP contribution < -0.4 is 15.1 Å². The smallest absolute Gasteiger partial charge is 0.270 e. The number of nitrogens with one attached hydrogen (secondary N) is 1. The maximum atomic E-state index is 12.3. The van der Waals surface area contributed by atoms with E-state index in [0.717, 1.165) is 37.7 Å². The lowest BCUT2D eigenvalue weighted by Gasteiger charge is -2.35. The molecule has 8 heteroatoms. The number of rotatable bonds is 6. The summed E-state index contributed by atoms with van der Waals surface area (Å²) in [5, 5.41) is 2.80. The Morgan fingerprint density at radius 3 is 2.65 bits per heavy atom. The highest BCUT2D eigenvalue weighted by molar-refractivity contribution is 5.92. The van der Waals surface area contributed by atoms with Gasteiger partial charge in [0, 0.05) is 51.7 Å². The predicted octanol–water partition coefficient (Wildman–Crippen LogP) is 0.883. The maximum absolute atomic E-state index is 12.3. The van der Waals surface area contributed by atoms with Gasteiger partial charge in [-0.25, -0.2) is 15.0 Å². The standard InChI is InChI=1S/C18H24N6O2/c1-14-13-15(17(25)20-7-12-26-2)22-18(21-14)24-10-8-23(9-11-24)16-5-3-4-6-19-16/h3-6,13H,7-12H2,1-2H3,(H,20,25). The van der Waals surface area contributed by atoms with Crippen LogP contribution in [0, 0.1) is 6.92 Å². The van der Waals surface area contributed by atoms with Crippen LogP contribution in [-0.2, 0) is 4.74 Å². The van der Waals surface area contributed by atoms with E-state index in [1.54, 1.807) is 19.4 Å². The minimum absolute atomic E-state index is 0.207. The number of carbonyl (C=O) groups excluding carboxylic acids is 1. The highest BCUT2D eigenvalue weighted by Gasteiger charge is 2.21. The first-order chi connectivity index (χ1) is 12.7. The van der Waals surface area contributed by atoms with Crippen molar-refractivity contribution in [1.82, 2.24) is 20.3 Å². The Hall–Kier alpha value is -2.74. The van der Waals surface area contributed by atoms with Gasteiger partial charge in [0.1, 0.15) is 11.5 Å². The van der Waals surface area contributed by atoms with Gasteiger partial charge in [-0.3, -0.25) is 4.79 Å². The Morgan fingerprint density at radius 2 is 1.96 bits per heavy atom. The number of piperazine rings is 1. The Morgan fingerprint density at radius 1 is 1.19 bits per heavy atom. The van der Waals surface area contributed by atoms with Crippen LogP contribution in [0.4, 0.5) is 11.8 Å². The number of aryl methyl sites for hydroxylation is 1. The molecule has 0 aliphatic carbocycles. The quantitative estimate of drug-likeness (QED) is 0.769. The second-order valence-electron chi connectivity index (χ2n) is 6.11. The molecule has 3 rings (SSSR count). The van der Waals surface area contributed by atoms with E-state index in [2.05, 4.69) is 30.1 Å². The van der Waals surface area contributed by atoms with Crippen molar-refractivity contribution < 1.29 is 9.53 Å². The number of methoxy groups -OCH3 is 1. The molecule has 138 valence electrons. The summed E-state index contributed by atoms with van der Waals surface area (Å²) in [7, 11) is 1.60. The third-order valence-electron chi connectivity index (χ3n) is 4.20. The zero-order valence-corrected chi connectivity index (χ0v) is 15.2. The maximum Gasteiger partial charge on any atom is 0.270 e. The molecular weight excluding hydrogens is 332 g/mol. The summed E-state index contributed by atoms with van der Waals surface area (Å²) in [4.78, 5) is 30.0. The Labute approximate surface area is 153 Å². The van der Waals surface area contributed by atoms with Crippen molar-refractivity contribution in [3.05, 3.63) is 41.9 Å². The van der Waals surface area contributed by atoms with Crippen LogP contribution in [0.25, 0.3) is 0 Å². The molecule has 0 saturated carbocycles. The van der Waals surface area contributed by atoms with E-state index in [4.69, 9.17) is 4.74 Å². The molecule has 0 unspecified atom stereocenters. The molecule has 0 radical (unpaired) electrons. The van der Waals surface area contributed by atoms with Gasteiger partial charge in [0.05, 0.1) is 6.61 Å². The molecule has 3 heterocycles. The van der Waals surface area contributed by atoms with Crippen molar-refractivity contribution in [1.29, 1.82) is 0 Å². The average molecular weight is 356 g/mol. The molecule has 2 aromatic rings. The lowest BCUT2D eigenvalue weighted by molar-refractivity contribution is 0.0932. The molecule has 1 N–H and O–H groups in total. The lowest BCUT2D eigenvalue weighted by atomic mass is 10.3. The van der Waals surface area contributed by atoms with E-state index in [1.807, 2.05) is 25.1 Å². The number of hydrogen-bond acceptors (Lipinski definition) is 7. The van der Waals surface area contributed by atoms with Crippen LogP contribution >= 0.6 is 0 Å². The van der Waals surface area contributed by atoms with Gasteiger partial charge in [-0.2, -0.15) is 0 Å². The van der Waals surface area contributed by atoms with E-state index in [1.165, 1.54) is 0 Å². The van der Waals surface area contributed by atoms with Gasteiger partial charge in [0.25, 0.3) is 5.91 Å². The average Bonchev–Trinajstić information content (AvgIpc) is 2.68. The van der Waals surface area contributed by atoms with Crippen molar-refractivity contribution in [2.45, 2.75) is 6.92 Å². The summed E-state index contributed by atoms with van der Waals surface area (Å²) < 4.78 is 4.95. The molecular formula is C18H24N6O2. The first-order valence-electron chi connectivity index (χ1n) is 8.71. The number of nitrogens with zero attached hydrogens (tertiary/aromatic N) is 5. The number of hydrogen-bond donors (Lipinski definition) is 1. The number of pyridine rings is 1. The first kappa shape index (κ1) is 18.1. The SMILES string of the molecule is COCCNC(=O)c1cc(C)nc(N2CCN(c3ccccn3)CC2)n1. The minimum Gasteiger partial charge on any atom is -0.383 e. The number of aromatic nitrogens is 3. The molecule has 0 spiro atoms. The molecule has 0 atom stereocenters. The van der Waals surface area contributed by atoms with Crippen LogP contribution in [0.15, 0.2) is 30.5 Å². The van der Waals surface area contributed by atoms with E-state index in [-0.39, 0.29) is 5.91 Å². The predicted molar refractivity (Wildman–Crippen MR) is 99.6 cm³/mol. The number of anilines is 2. The number of amides is 1. The third-order valence-corrected chi connectivity index (χ3v) is 4.20.